The number of methoxy groups -OCH3 is 2. The third kappa shape index (κ3) is 2.77. The normalized spacial score (nSPS) is 40.3. The van der Waals surface area contributed by atoms with Crippen LogP contribution in [0, 0.1) is 5.41 Å². The van der Waals surface area contributed by atoms with E-state index in [1.165, 1.54) is 14.0 Å². The van der Waals surface area contributed by atoms with E-state index in [-0.39, 0.29) is 6.04 Å². The van der Waals surface area contributed by atoms with Crippen molar-refractivity contribution in [3.63, 3.8) is 0 Å². The van der Waals surface area contributed by atoms with Gasteiger partial charge < -0.3 is 24.2 Å². The molecule has 3 aliphatic heterocycles. The average molecular weight is 584 g/mol. The molecule has 1 aromatic carbocycles. The van der Waals surface area contributed by atoms with Crippen LogP contribution in [0.2, 0.25) is 0 Å². The molecule has 8 nitrogen and oxygen atoms in total. The molecule has 0 aromatic heterocycles. The van der Waals surface area contributed by atoms with Gasteiger partial charge in [0.2, 0.25) is 5.60 Å². The van der Waals surface area contributed by atoms with E-state index >= 15 is 0 Å². The van der Waals surface area contributed by atoms with Gasteiger partial charge in [-0.1, -0.05) is 35.6 Å². The highest BCUT2D eigenvalue weighted by Gasteiger charge is 2.81. The molecule has 0 radical (unpaired) electrons. The van der Waals surface area contributed by atoms with E-state index in [0.717, 1.165) is 37.2 Å². The molecule has 1 spiro atoms. The number of carbonyl (C=O) groups is 2. The lowest BCUT2D eigenvalue weighted by atomic mass is 9.46. The summed E-state index contributed by atoms with van der Waals surface area (Å²) in [5.41, 5.74) is -1.14. The zero-order valence-corrected chi connectivity index (χ0v) is 22.5. The molecule has 4 aliphatic rings. The van der Waals surface area contributed by atoms with Crippen LogP contribution in [0.25, 0.3) is 0 Å². The third-order valence-corrected chi connectivity index (χ3v) is 9.83. The number of hydrogen-bond donors (Lipinski definition) is 1. The predicted molar refractivity (Wildman–Crippen MR) is 135 cm³/mol. The lowest BCUT2D eigenvalue weighted by Crippen LogP contribution is -2.82. The molecule has 1 aliphatic carbocycles. The van der Waals surface area contributed by atoms with Gasteiger partial charge in [-0.25, -0.2) is 4.79 Å². The lowest BCUT2D eigenvalue weighted by Gasteiger charge is -2.65. The number of alkyl halides is 1. The Kier molecular flexibility index (Phi) is 5.65. The number of hydrogen-bond acceptors (Lipinski definition) is 8. The van der Waals surface area contributed by atoms with Crippen molar-refractivity contribution in [3.8, 4) is 5.75 Å². The number of nitrogens with zero attached hydrogens (tertiary/aromatic N) is 2. The van der Waals surface area contributed by atoms with Gasteiger partial charge in [0.15, 0.2) is 6.10 Å². The highest BCUT2D eigenvalue weighted by atomic mass is 127. The fourth-order valence-electron chi connectivity index (χ4n) is 8.16. The summed E-state index contributed by atoms with van der Waals surface area (Å²) >= 11 is 2.46. The summed E-state index contributed by atoms with van der Waals surface area (Å²) in [5.74, 6) is -0.547. The van der Waals surface area contributed by atoms with Crippen LogP contribution >= 0.6 is 22.6 Å². The van der Waals surface area contributed by atoms with E-state index in [9.17, 15) is 14.7 Å². The Morgan fingerprint density at radius 1 is 1.26 bits per heavy atom. The minimum absolute atomic E-state index is 0.00684. The standard InChI is InChI=1S/C25H33IN2O6/c1-6-23-12-15(26)13-28-10-9-24(19(23)28)17-8-7-16(32-4)11-18(17)27(3)20(24)25(31,22(30)33-5)21(23)34-14(2)29/h7-8,11,15,19-21,31H,6,9-10,12-13H2,1-5H3/t15-,19+,20-,21-,23-,24-,25+/m1/s1. The number of rotatable bonds is 4. The number of likely N-dealkylation sites (N-methyl/N-ethyl adjacent to an activating group) is 1. The van der Waals surface area contributed by atoms with Crippen molar-refractivity contribution in [1.82, 2.24) is 4.90 Å². The molecule has 5 rings (SSSR count). The van der Waals surface area contributed by atoms with E-state index in [1.807, 2.05) is 24.1 Å². The first kappa shape index (κ1) is 24.1. The minimum atomic E-state index is -2.04. The highest BCUT2D eigenvalue weighted by Crippen LogP contribution is 2.68. The third-order valence-electron chi connectivity index (χ3n) is 9.00. The first-order valence-corrected chi connectivity index (χ1v) is 13.1. The van der Waals surface area contributed by atoms with Gasteiger partial charge in [0, 0.05) is 53.1 Å². The van der Waals surface area contributed by atoms with Crippen molar-refractivity contribution >= 4 is 40.2 Å². The van der Waals surface area contributed by atoms with Crippen molar-refractivity contribution in [2.24, 2.45) is 5.41 Å². The first-order chi connectivity index (χ1) is 16.1. The second kappa shape index (κ2) is 7.96. The number of halogens is 1. The molecule has 0 unspecified atom stereocenters. The van der Waals surface area contributed by atoms with Crippen LogP contribution in [0.15, 0.2) is 18.2 Å². The monoisotopic (exact) mass is 584 g/mol. The molecule has 1 aromatic rings. The maximum atomic E-state index is 13.6. The van der Waals surface area contributed by atoms with E-state index in [2.05, 4.69) is 40.5 Å². The lowest BCUT2D eigenvalue weighted by molar-refractivity contribution is -0.241. The topological polar surface area (TPSA) is 88.5 Å². The summed E-state index contributed by atoms with van der Waals surface area (Å²) < 4.78 is 17.1. The van der Waals surface area contributed by atoms with Crippen LogP contribution in [-0.2, 0) is 24.5 Å². The number of ether oxygens (including phenoxy) is 3. The van der Waals surface area contributed by atoms with Crippen LogP contribution in [0.1, 0.15) is 38.7 Å². The van der Waals surface area contributed by atoms with E-state index < -0.39 is 40.5 Å². The van der Waals surface area contributed by atoms with Gasteiger partial charge in [0.1, 0.15) is 5.75 Å². The van der Waals surface area contributed by atoms with E-state index in [0.29, 0.717) is 16.1 Å². The van der Waals surface area contributed by atoms with Crippen molar-refractivity contribution < 1.29 is 28.9 Å². The molecule has 0 amide bonds. The van der Waals surface area contributed by atoms with E-state index in [4.69, 9.17) is 14.2 Å². The van der Waals surface area contributed by atoms with Crippen LogP contribution in [0.3, 0.4) is 0 Å². The molecule has 186 valence electrons. The Hall–Kier alpha value is -1.59. The van der Waals surface area contributed by atoms with Crippen LogP contribution in [0.5, 0.6) is 5.75 Å². The molecule has 1 N–H and O–H groups in total. The Balaban J connectivity index is 1.85. The second-order valence-electron chi connectivity index (χ2n) is 10.3. The van der Waals surface area contributed by atoms with Gasteiger partial charge in [-0.3, -0.25) is 9.69 Å². The van der Waals surface area contributed by atoms with E-state index in [1.54, 1.807) is 7.11 Å². The number of fused-ring (bicyclic) bond motifs is 1. The average Bonchev–Trinajstić information content (AvgIpc) is 3.31. The smallest absolute Gasteiger partial charge is 0.344 e. The Morgan fingerprint density at radius 2 is 2.00 bits per heavy atom. The Morgan fingerprint density at radius 3 is 2.62 bits per heavy atom. The van der Waals surface area contributed by atoms with Gasteiger partial charge >= 0.3 is 11.9 Å². The summed E-state index contributed by atoms with van der Waals surface area (Å²) in [6.07, 6.45) is 1.17. The summed E-state index contributed by atoms with van der Waals surface area (Å²) in [7, 11) is 4.82. The predicted octanol–water partition coefficient (Wildman–Crippen LogP) is 2.28. The number of carbonyl (C=O) groups excluding carboxylic acids is 2. The molecule has 0 bridgehead atoms. The fraction of sp³-hybridized carbons (Fsp3) is 0.680. The molecule has 7 atom stereocenters. The van der Waals surface area contributed by atoms with Gasteiger partial charge in [-0.2, -0.15) is 0 Å². The van der Waals surface area contributed by atoms with Gasteiger partial charge in [0.25, 0.3) is 0 Å². The SMILES string of the molecule is CC[C@]12C[C@@H](I)CN3CC[C@@]4(c5ccc(OC)cc5N(C)[C@H]4[C@@](O)(C(=O)OC)[C@@H]1OC(C)=O)[C@@H]32. The van der Waals surface area contributed by atoms with Crippen molar-refractivity contribution in [3.05, 3.63) is 23.8 Å². The van der Waals surface area contributed by atoms with Crippen molar-refractivity contribution in [2.45, 2.75) is 66.2 Å². The zero-order valence-electron chi connectivity index (χ0n) is 20.3. The second-order valence-corrected chi connectivity index (χ2v) is 12.0. The Labute approximate surface area is 214 Å². The Bertz CT molecular complexity index is 1040. The summed E-state index contributed by atoms with van der Waals surface area (Å²) in [4.78, 5) is 30.5. The quantitative estimate of drug-likeness (QED) is 0.328. The molecular weight excluding hydrogens is 551 g/mol. The van der Waals surface area contributed by atoms with Crippen molar-refractivity contribution in [1.29, 1.82) is 0 Å². The fourth-order valence-corrected chi connectivity index (χ4v) is 9.48. The molecule has 2 saturated heterocycles. The van der Waals surface area contributed by atoms with Gasteiger partial charge in [0.05, 0.1) is 20.3 Å². The molecule has 1 saturated carbocycles. The van der Waals surface area contributed by atoms with Gasteiger partial charge in [-0.05, 0) is 37.4 Å². The van der Waals surface area contributed by atoms with Crippen LogP contribution < -0.4 is 9.64 Å². The summed E-state index contributed by atoms with van der Waals surface area (Å²) in [6.45, 7) is 5.21. The molecule has 34 heavy (non-hydrogen) atoms. The maximum Gasteiger partial charge on any atom is 0.344 e. The number of anilines is 1. The number of aliphatic hydroxyl groups is 1. The van der Waals surface area contributed by atoms with Crippen LogP contribution in [0.4, 0.5) is 5.69 Å². The number of piperidine rings is 1. The molecule has 9 heteroatoms. The molecule has 3 heterocycles. The summed E-state index contributed by atoms with van der Waals surface area (Å²) in [6, 6.07) is 5.38. The van der Waals surface area contributed by atoms with Crippen LogP contribution in [-0.4, -0.2) is 84.0 Å². The largest absolute Gasteiger partial charge is 0.497 e. The minimum Gasteiger partial charge on any atom is -0.497 e. The van der Waals surface area contributed by atoms with Crippen molar-refractivity contribution in [2.75, 3.05) is 39.3 Å². The summed E-state index contributed by atoms with van der Waals surface area (Å²) in [5, 5.41) is 12.6. The molecular formula is C25H33IN2O6. The number of benzene rings is 1. The highest BCUT2D eigenvalue weighted by molar-refractivity contribution is 14.1. The maximum absolute atomic E-state index is 13.6. The number of esters is 2. The first-order valence-electron chi connectivity index (χ1n) is 11.9. The molecule has 3 fully saturated rings. The zero-order chi connectivity index (χ0) is 24.6. The van der Waals surface area contributed by atoms with Gasteiger partial charge in [-0.15, -0.1) is 0 Å².